The van der Waals surface area contributed by atoms with Crippen LogP contribution in [-0.4, -0.2) is 49.5 Å². The molecule has 6 heteroatoms. The smallest absolute Gasteiger partial charge is 0.204 e. The molecule has 0 bridgehead atoms. The molecule has 1 unspecified atom stereocenters. The van der Waals surface area contributed by atoms with Gasteiger partial charge >= 0.3 is 0 Å². The highest BCUT2D eigenvalue weighted by molar-refractivity contribution is 8.11. The van der Waals surface area contributed by atoms with Crippen LogP contribution in [0.25, 0.3) is 6.08 Å². The number of primary amides is 1. The quantitative estimate of drug-likeness (QED) is 0.259. The average molecular weight is 479 g/mol. The van der Waals surface area contributed by atoms with Crippen LogP contribution in [0.1, 0.15) is 59.4 Å². The summed E-state index contributed by atoms with van der Waals surface area (Å²) < 4.78 is 2.50. The van der Waals surface area contributed by atoms with Gasteiger partial charge in [0, 0.05) is 37.4 Å². The van der Waals surface area contributed by atoms with E-state index in [4.69, 9.17) is 4.79 Å². The molecule has 1 aromatic rings. The van der Waals surface area contributed by atoms with E-state index >= 15 is 0 Å². The molecule has 5 nitrogen and oxygen atoms in total. The van der Waals surface area contributed by atoms with Gasteiger partial charge in [0.25, 0.3) is 0 Å². The molecule has 1 atom stereocenters. The number of hydrogen-bond acceptors (Lipinski definition) is 4. The number of rotatable bonds is 13. The van der Waals surface area contributed by atoms with Crippen molar-refractivity contribution in [3.8, 4) is 0 Å². The lowest BCUT2D eigenvalue weighted by Gasteiger charge is -2.25. The third-order valence-electron chi connectivity index (χ3n) is 4.18. The van der Waals surface area contributed by atoms with E-state index < -0.39 is 0 Å². The molecule has 0 radical (unpaired) electrons. The van der Waals surface area contributed by atoms with Crippen LogP contribution in [0.3, 0.4) is 0 Å². The van der Waals surface area contributed by atoms with Gasteiger partial charge in [0.1, 0.15) is 0 Å². The lowest BCUT2D eigenvalue weighted by atomic mass is 10.1. The van der Waals surface area contributed by atoms with E-state index in [1.54, 1.807) is 0 Å². The maximum atomic E-state index is 8.58. The van der Waals surface area contributed by atoms with Crippen LogP contribution in [-0.2, 0) is 4.79 Å². The van der Waals surface area contributed by atoms with Crippen LogP contribution in [0.2, 0.25) is 0 Å². The van der Waals surface area contributed by atoms with Gasteiger partial charge in [0.15, 0.2) is 0 Å². The lowest BCUT2D eigenvalue weighted by Crippen LogP contribution is -2.24. The molecule has 1 rings (SSSR count). The fourth-order valence-corrected chi connectivity index (χ4v) is 3.38. The first kappa shape index (κ1) is 33.3. The summed E-state index contributed by atoms with van der Waals surface area (Å²) in [6.07, 6.45) is 7.81. The standard InChI is InChI=1S/C22H37N3S.C4H10.CH3NO/c1-19(2)13-16-25(26(5)6)17-14-22(24-20(3)12-15-23-4)18-21-10-8-7-9-11-21;1-4(2)3;2-1-3/h7-11,18-19,23-24H,3,5,12-17H2,1-2,4,6H3;4H,1-3H3;1H,(H2,2,3)/b22-18+;;. The normalized spacial score (nSPS) is 11.9. The number of carbonyl (C=O) groups is 1. The topological polar surface area (TPSA) is 70.4 Å². The van der Waals surface area contributed by atoms with Crippen molar-refractivity contribution in [1.82, 2.24) is 14.9 Å². The van der Waals surface area contributed by atoms with Crippen molar-refractivity contribution in [2.24, 2.45) is 17.6 Å². The van der Waals surface area contributed by atoms with Crippen LogP contribution >= 0.6 is 10.7 Å². The van der Waals surface area contributed by atoms with Crippen molar-refractivity contribution in [1.29, 1.82) is 0 Å². The second kappa shape index (κ2) is 21.9. The predicted octanol–water partition coefficient (Wildman–Crippen LogP) is 5.49. The van der Waals surface area contributed by atoms with Crippen molar-refractivity contribution in [2.45, 2.75) is 53.9 Å². The Balaban J connectivity index is 0. The van der Waals surface area contributed by atoms with Crippen LogP contribution in [0.4, 0.5) is 0 Å². The number of carbonyl (C=O) groups excluding carboxylic acids is 1. The molecule has 0 aromatic heterocycles. The van der Waals surface area contributed by atoms with Gasteiger partial charge in [0.05, 0.1) is 0 Å². The summed E-state index contributed by atoms with van der Waals surface area (Å²) in [6.45, 7) is 18.3. The van der Waals surface area contributed by atoms with Gasteiger partial charge in [-0.3, -0.25) is 9.10 Å². The maximum absolute atomic E-state index is 8.58. The first-order valence-corrected chi connectivity index (χ1v) is 13.5. The summed E-state index contributed by atoms with van der Waals surface area (Å²) >= 11 is 0. The third-order valence-corrected chi connectivity index (χ3v) is 5.43. The number of benzene rings is 1. The molecule has 1 amide bonds. The Bertz CT molecular complexity index is 669. The van der Waals surface area contributed by atoms with Gasteiger partial charge in [-0.15, -0.1) is 10.7 Å². The SMILES string of the molecule is C=C(CCNC)N/C(=C/c1ccccc1)CCN(CCC(C)C)S(=C)C.CC(C)C.NC=O. The number of nitrogens with two attached hydrogens (primary N) is 1. The molecule has 0 aliphatic heterocycles. The minimum Gasteiger partial charge on any atom is -0.372 e. The fraction of sp³-hybridized carbons (Fsp3) is 0.556. The predicted molar refractivity (Wildman–Crippen MR) is 152 cm³/mol. The number of nitrogens with zero attached hydrogens (tertiary/aromatic N) is 1. The Hall–Kier alpha value is -1.89. The molecule has 0 heterocycles. The number of amides is 1. The van der Waals surface area contributed by atoms with Crippen molar-refractivity contribution < 1.29 is 4.79 Å². The first-order valence-electron chi connectivity index (χ1n) is 11.8. The first-order chi connectivity index (χ1) is 15.6. The van der Waals surface area contributed by atoms with Crippen LogP contribution < -0.4 is 16.4 Å². The van der Waals surface area contributed by atoms with E-state index in [0.717, 1.165) is 50.0 Å². The van der Waals surface area contributed by atoms with E-state index in [0.29, 0.717) is 0 Å². The largest absolute Gasteiger partial charge is 0.372 e. The second-order valence-electron chi connectivity index (χ2n) is 8.99. The summed E-state index contributed by atoms with van der Waals surface area (Å²) in [5.74, 6) is 5.82. The minimum absolute atomic E-state index is 0.0457. The molecule has 190 valence electrons. The Labute approximate surface area is 207 Å². The summed E-state index contributed by atoms with van der Waals surface area (Å²) in [4.78, 5) is 8.58. The zero-order valence-corrected chi connectivity index (χ0v) is 23.0. The molecule has 0 saturated carbocycles. The van der Waals surface area contributed by atoms with E-state index in [9.17, 15) is 0 Å². The van der Waals surface area contributed by atoms with Crippen LogP contribution in [0.15, 0.2) is 48.3 Å². The van der Waals surface area contributed by atoms with E-state index in [2.05, 4.69) is 110 Å². The van der Waals surface area contributed by atoms with Crippen molar-refractivity contribution in [2.75, 3.05) is 32.9 Å². The summed E-state index contributed by atoms with van der Waals surface area (Å²) in [5, 5.41) is 6.72. The second-order valence-corrected chi connectivity index (χ2v) is 10.7. The van der Waals surface area contributed by atoms with Crippen LogP contribution in [0, 0.1) is 11.8 Å². The lowest BCUT2D eigenvalue weighted by molar-refractivity contribution is -0.106. The molecular formula is C27H50N4OS. The van der Waals surface area contributed by atoms with Crippen molar-refractivity contribution >= 4 is 29.0 Å². The van der Waals surface area contributed by atoms with Gasteiger partial charge in [0.2, 0.25) is 6.41 Å². The summed E-state index contributed by atoms with van der Waals surface area (Å²) in [7, 11) is 2.02. The van der Waals surface area contributed by atoms with Crippen molar-refractivity contribution in [3.63, 3.8) is 0 Å². The van der Waals surface area contributed by atoms with Gasteiger partial charge in [-0.25, -0.2) is 0 Å². The molecule has 4 N–H and O–H groups in total. The van der Waals surface area contributed by atoms with Crippen LogP contribution in [0.5, 0.6) is 0 Å². The molecular weight excluding hydrogens is 428 g/mol. The fourth-order valence-electron chi connectivity index (χ4n) is 2.56. The van der Waals surface area contributed by atoms with E-state index in [-0.39, 0.29) is 17.1 Å². The monoisotopic (exact) mass is 478 g/mol. The highest BCUT2D eigenvalue weighted by atomic mass is 32.2. The molecule has 1 aromatic carbocycles. The summed E-state index contributed by atoms with van der Waals surface area (Å²) in [6, 6.07) is 10.5. The molecule has 0 saturated heterocycles. The zero-order chi connectivity index (χ0) is 25.6. The van der Waals surface area contributed by atoms with Crippen molar-refractivity contribution in [3.05, 3.63) is 53.9 Å². The molecule has 0 aliphatic rings. The van der Waals surface area contributed by atoms with Gasteiger partial charge in [-0.05, 0) is 49.6 Å². The molecule has 0 fully saturated rings. The highest BCUT2D eigenvalue weighted by Gasteiger charge is 2.09. The Morgan fingerprint density at radius 2 is 1.67 bits per heavy atom. The molecule has 33 heavy (non-hydrogen) atoms. The number of nitrogens with one attached hydrogen (secondary N) is 2. The molecule has 0 aliphatic carbocycles. The minimum atomic E-state index is 0.0457. The van der Waals surface area contributed by atoms with Gasteiger partial charge in [-0.2, -0.15) is 0 Å². The Morgan fingerprint density at radius 3 is 2.12 bits per heavy atom. The van der Waals surface area contributed by atoms with E-state index in [1.165, 1.54) is 17.7 Å². The zero-order valence-electron chi connectivity index (χ0n) is 22.2. The van der Waals surface area contributed by atoms with E-state index in [1.807, 2.05) is 7.05 Å². The van der Waals surface area contributed by atoms with Gasteiger partial charge in [-0.1, -0.05) is 77.4 Å². The Morgan fingerprint density at radius 1 is 1.12 bits per heavy atom. The third kappa shape index (κ3) is 23.1. The molecule has 0 spiro atoms. The number of hydrogen-bond donors (Lipinski definition) is 3. The summed E-state index contributed by atoms with van der Waals surface area (Å²) in [5.41, 5.74) is 7.66. The maximum Gasteiger partial charge on any atom is 0.204 e. The highest BCUT2D eigenvalue weighted by Crippen LogP contribution is 2.18. The average Bonchev–Trinajstić information content (AvgIpc) is 2.72. The van der Waals surface area contributed by atoms with Gasteiger partial charge < -0.3 is 16.4 Å². The Kier molecular flexibility index (Phi) is 22.1.